The number of nitrogens with one attached hydrogen (secondary N) is 1. The molecule has 2 heterocycles. The topological polar surface area (TPSA) is 62.3 Å². The Kier molecular flexibility index (Phi) is 5.94. The third-order valence-electron chi connectivity index (χ3n) is 4.30. The molecule has 0 aliphatic carbocycles. The molecular formula is C19H23N3O2S. The van der Waals surface area contributed by atoms with Crippen LogP contribution in [0, 0.1) is 0 Å². The van der Waals surface area contributed by atoms with Gasteiger partial charge in [-0.1, -0.05) is 18.6 Å². The Morgan fingerprint density at radius 2 is 2.04 bits per heavy atom. The van der Waals surface area contributed by atoms with Crippen LogP contribution in [0.25, 0.3) is 0 Å². The van der Waals surface area contributed by atoms with Crippen molar-refractivity contribution in [1.82, 2.24) is 9.88 Å². The molecular weight excluding hydrogens is 334 g/mol. The summed E-state index contributed by atoms with van der Waals surface area (Å²) >= 11 is 1.62. The van der Waals surface area contributed by atoms with Crippen molar-refractivity contribution in [3.8, 4) is 0 Å². The summed E-state index contributed by atoms with van der Waals surface area (Å²) in [5.74, 6) is -0.131. The van der Waals surface area contributed by atoms with Gasteiger partial charge in [0.05, 0.1) is 18.7 Å². The summed E-state index contributed by atoms with van der Waals surface area (Å²) in [6, 6.07) is 6.99. The normalized spacial score (nSPS) is 15.1. The average Bonchev–Trinajstić information content (AvgIpc) is 3.02. The van der Waals surface area contributed by atoms with Gasteiger partial charge >= 0.3 is 0 Å². The van der Waals surface area contributed by atoms with E-state index in [1.807, 2.05) is 5.38 Å². The highest BCUT2D eigenvalue weighted by molar-refractivity contribution is 7.09. The molecule has 0 unspecified atom stereocenters. The van der Waals surface area contributed by atoms with Gasteiger partial charge < -0.3 is 5.32 Å². The number of ketones is 1. The minimum Gasteiger partial charge on any atom is -0.326 e. The summed E-state index contributed by atoms with van der Waals surface area (Å²) in [4.78, 5) is 30.7. The van der Waals surface area contributed by atoms with E-state index in [1.165, 1.54) is 26.2 Å². The maximum absolute atomic E-state index is 12.2. The van der Waals surface area contributed by atoms with Crippen molar-refractivity contribution < 1.29 is 9.59 Å². The molecule has 6 heteroatoms. The lowest BCUT2D eigenvalue weighted by Crippen LogP contribution is -2.29. The number of aromatic nitrogens is 1. The molecule has 0 atom stereocenters. The van der Waals surface area contributed by atoms with Crippen LogP contribution in [0.4, 0.5) is 5.69 Å². The molecule has 0 saturated carbocycles. The molecule has 132 valence electrons. The van der Waals surface area contributed by atoms with Crippen LogP contribution in [0.3, 0.4) is 0 Å². The quantitative estimate of drug-likeness (QED) is 0.804. The number of thiazole rings is 1. The Morgan fingerprint density at radius 1 is 1.24 bits per heavy atom. The Bertz CT molecular complexity index is 751. The predicted octanol–water partition coefficient (Wildman–Crippen LogP) is 3.51. The molecule has 5 nitrogen and oxygen atoms in total. The summed E-state index contributed by atoms with van der Waals surface area (Å²) in [5.41, 5.74) is 2.04. The standard InChI is InChI=1S/C19H23N3O2S/c1-14(23)15-6-5-7-16(10-15)20-18(24)11-17-13-25-19(21-17)12-22-8-3-2-4-9-22/h5-7,10,13H,2-4,8-9,11-12H2,1H3,(H,20,24). The molecule has 0 radical (unpaired) electrons. The van der Waals surface area contributed by atoms with Gasteiger partial charge in [-0.25, -0.2) is 4.98 Å². The second-order valence-electron chi connectivity index (χ2n) is 6.43. The van der Waals surface area contributed by atoms with Gasteiger partial charge in [-0.05, 0) is 45.0 Å². The zero-order chi connectivity index (χ0) is 17.6. The van der Waals surface area contributed by atoms with Crippen LogP contribution in [0.5, 0.6) is 0 Å². The number of hydrogen-bond acceptors (Lipinski definition) is 5. The maximum Gasteiger partial charge on any atom is 0.230 e. The van der Waals surface area contributed by atoms with E-state index in [9.17, 15) is 9.59 Å². The van der Waals surface area contributed by atoms with E-state index in [4.69, 9.17) is 0 Å². The number of benzene rings is 1. The number of nitrogens with zero attached hydrogens (tertiary/aromatic N) is 2. The molecule has 1 aromatic heterocycles. The molecule has 1 saturated heterocycles. The summed E-state index contributed by atoms with van der Waals surface area (Å²) in [6.45, 7) is 4.68. The van der Waals surface area contributed by atoms with Gasteiger partial charge in [-0.2, -0.15) is 0 Å². The monoisotopic (exact) mass is 357 g/mol. The Balaban J connectivity index is 1.54. The zero-order valence-corrected chi connectivity index (χ0v) is 15.3. The first-order valence-electron chi connectivity index (χ1n) is 8.66. The Hall–Kier alpha value is -2.05. The molecule has 1 aromatic carbocycles. The second-order valence-corrected chi connectivity index (χ2v) is 7.37. The number of likely N-dealkylation sites (tertiary alicyclic amines) is 1. The van der Waals surface area contributed by atoms with E-state index in [-0.39, 0.29) is 18.1 Å². The molecule has 2 aromatic rings. The van der Waals surface area contributed by atoms with Crippen LogP contribution in [0.2, 0.25) is 0 Å². The van der Waals surface area contributed by atoms with Crippen molar-refractivity contribution in [2.24, 2.45) is 0 Å². The van der Waals surface area contributed by atoms with Crippen molar-refractivity contribution in [1.29, 1.82) is 0 Å². The minimum absolute atomic E-state index is 0.0158. The molecule has 3 rings (SSSR count). The number of rotatable bonds is 6. The van der Waals surface area contributed by atoms with Crippen molar-refractivity contribution in [2.75, 3.05) is 18.4 Å². The van der Waals surface area contributed by atoms with E-state index in [0.29, 0.717) is 11.3 Å². The Morgan fingerprint density at radius 3 is 2.80 bits per heavy atom. The lowest BCUT2D eigenvalue weighted by molar-refractivity contribution is -0.115. The summed E-state index contributed by atoms with van der Waals surface area (Å²) < 4.78 is 0. The van der Waals surface area contributed by atoms with Crippen LogP contribution >= 0.6 is 11.3 Å². The highest BCUT2D eigenvalue weighted by atomic mass is 32.1. The van der Waals surface area contributed by atoms with Crippen LogP contribution in [-0.4, -0.2) is 34.7 Å². The van der Waals surface area contributed by atoms with E-state index >= 15 is 0 Å². The highest BCUT2D eigenvalue weighted by Crippen LogP contribution is 2.17. The van der Waals surface area contributed by atoms with Gasteiger partial charge in [-0.15, -0.1) is 11.3 Å². The van der Waals surface area contributed by atoms with Crippen molar-refractivity contribution in [3.05, 3.63) is 45.9 Å². The molecule has 1 N–H and O–H groups in total. The average molecular weight is 357 g/mol. The number of carbonyl (C=O) groups excluding carboxylic acids is 2. The largest absolute Gasteiger partial charge is 0.326 e. The van der Waals surface area contributed by atoms with Gasteiger partial charge in [0.2, 0.25) is 5.91 Å². The van der Waals surface area contributed by atoms with Crippen LogP contribution in [0.15, 0.2) is 29.6 Å². The van der Waals surface area contributed by atoms with E-state index in [1.54, 1.807) is 35.6 Å². The number of Topliss-reactive ketones (excluding diaryl/α,β-unsaturated/α-hetero) is 1. The molecule has 0 bridgehead atoms. The maximum atomic E-state index is 12.2. The smallest absolute Gasteiger partial charge is 0.230 e. The van der Waals surface area contributed by atoms with Gasteiger partial charge in [0.15, 0.2) is 5.78 Å². The fraction of sp³-hybridized carbons (Fsp3) is 0.421. The molecule has 1 aliphatic rings. The lowest BCUT2D eigenvalue weighted by atomic mass is 10.1. The van der Waals surface area contributed by atoms with Gasteiger partial charge in [0, 0.05) is 16.6 Å². The molecule has 1 amide bonds. The van der Waals surface area contributed by atoms with E-state index < -0.39 is 0 Å². The zero-order valence-electron chi connectivity index (χ0n) is 14.5. The van der Waals surface area contributed by atoms with Crippen LogP contribution in [-0.2, 0) is 17.8 Å². The summed E-state index contributed by atoms with van der Waals surface area (Å²) in [6.07, 6.45) is 4.10. The summed E-state index contributed by atoms with van der Waals surface area (Å²) in [7, 11) is 0. The molecule has 1 aliphatic heterocycles. The Labute approximate surface area is 152 Å². The fourth-order valence-electron chi connectivity index (χ4n) is 3.00. The third-order valence-corrected chi connectivity index (χ3v) is 5.18. The number of piperidine rings is 1. The van der Waals surface area contributed by atoms with E-state index in [0.717, 1.165) is 30.3 Å². The number of hydrogen-bond donors (Lipinski definition) is 1. The highest BCUT2D eigenvalue weighted by Gasteiger charge is 2.14. The first-order valence-corrected chi connectivity index (χ1v) is 9.54. The molecule has 0 spiro atoms. The van der Waals surface area contributed by atoms with Crippen LogP contribution in [0.1, 0.15) is 47.2 Å². The van der Waals surface area contributed by atoms with Crippen molar-refractivity contribution in [3.63, 3.8) is 0 Å². The predicted molar refractivity (Wildman–Crippen MR) is 100 cm³/mol. The van der Waals surface area contributed by atoms with Gasteiger partial charge in [0.1, 0.15) is 5.01 Å². The third kappa shape index (κ3) is 5.21. The number of carbonyl (C=O) groups is 2. The van der Waals surface area contributed by atoms with E-state index in [2.05, 4.69) is 15.2 Å². The number of amides is 1. The van der Waals surface area contributed by atoms with Crippen molar-refractivity contribution in [2.45, 2.75) is 39.2 Å². The summed E-state index contributed by atoms with van der Waals surface area (Å²) in [5, 5.41) is 5.87. The molecule has 25 heavy (non-hydrogen) atoms. The fourth-order valence-corrected chi connectivity index (χ4v) is 3.83. The second kappa shape index (κ2) is 8.36. The van der Waals surface area contributed by atoms with Gasteiger partial charge in [-0.3, -0.25) is 14.5 Å². The minimum atomic E-state index is -0.115. The lowest BCUT2D eigenvalue weighted by Gasteiger charge is -2.25. The number of anilines is 1. The van der Waals surface area contributed by atoms with Crippen molar-refractivity contribution >= 4 is 28.7 Å². The van der Waals surface area contributed by atoms with Crippen LogP contribution < -0.4 is 5.32 Å². The first-order chi connectivity index (χ1) is 12.1. The van der Waals surface area contributed by atoms with Gasteiger partial charge in [0.25, 0.3) is 0 Å². The SMILES string of the molecule is CC(=O)c1cccc(NC(=O)Cc2csc(CN3CCCCC3)n2)c1. The molecule has 1 fully saturated rings. The first kappa shape index (κ1) is 17.8.